The lowest BCUT2D eigenvalue weighted by molar-refractivity contribution is 0.410. The topological polar surface area (TPSA) is 9.23 Å². The summed E-state index contributed by atoms with van der Waals surface area (Å²) in [5, 5.41) is 0. The van der Waals surface area contributed by atoms with Gasteiger partial charge in [-0.05, 0) is 18.6 Å². The summed E-state index contributed by atoms with van der Waals surface area (Å²) in [5.41, 5.74) is 0.472. The maximum Gasteiger partial charge on any atom is 0.134 e. The summed E-state index contributed by atoms with van der Waals surface area (Å²) in [7, 11) is 1.52. The first-order valence-electron chi connectivity index (χ1n) is 4.34. The Kier molecular flexibility index (Phi) is 4.47. The van der Waals surface area contributed by atoms with E-state index in [1.54, 1.807) is 18.2 Å². The van der Waals surface area contributed by atoms with Gasteiger partial charge in [-0.1, -0.05) is 18.2 Å². The molecule has 0 aliphatic rings. The molecule has 0 aliphatic heterocycles. The summed E-state index contributed by atoms with van der Waals surface area (Å²) >= 11 is 5.50. The predicted octanol–water partition coefficient (Wildman–Crippen LogP) is 3.48. The summed E-state index contributed by atoms with van der Waals surface area (Å²) in [6.07, 6.45) is 4.24. The van der Waals surface area contributed by atoms with E-state index in [-0.39, 0.29) is 5.82 Å². The minimum Gasteiger partial charge on any atom is -0.496 e. The number of ether oxygens (including phenoxy) is 1. The van der Waals surface area contributed by atoms with E-state index < -0.39 is 0 Å². The quantitative estimate of drug-likeness (QED) is 0.698. The van der Waals surface area contributed by atoms with E-state index in [1.807, 2.05) is 6.08 Å². The molecule has 3 heteroatoms. The van der Waals surface area contributed by atoms with Crippen molar-refractivity contribution in [3.05, 3.63) is 35.7 Å². The van der Waals surface area contributed by atoms with Crippen molar-refractivity contribution in [2.24, 2.45) is 0 Å². The third-order valence-electron chi connectivity index (χ3n) is 1.79. The number of hydrogen-bond acceptors (Lipinski definition) is 1. The Balaban J connectivity index is 2.93. The van der Waals surface area contributed by atoms with Crippen molar-refractivity contribution in [3.63, 3.8) is 0 Å². The molecule has 0 bridgehead atoms. The zero-order chi connectivity index (χ0) is 10.4. The second-order valence-corrected chi connectivity index (χ2v) is 3.11. The summed E-state index contributed by atoms with van der Waals surface area (Å²) in [6, 6.07) is 4.75. The molecule has 0 radical (unpaired) electrons. The molecule has 0 spiro atoms. The average Bonchev–Trinajstić information content (AvgIpc) is 2.20. The summed E-state index contributed by atoms with van der Waals surface area (Å²) in [6.45, 7) is 0. The number of allylic oxidation sites excluding steroid dienone is 1. The van der Waals surface area contributed by atoms with E-state index in [2.05, 4.69) is 0 Å². The highest BCUT2D eigenvalue weighted by Gasteiger charge is 2.04. The monoisotopic (exact) mass is 214 g/mol. The normalized spacial score (nSPS) is 10.8. The molecule has 0 saturated carbocycles. The van der Waals surface area contributed by atoms with E-state index >= 15 is 0 Å². The molecule has 0 aliphatic carbocycles. The zero-order valence-corrected chi connectivity index (χ0v) is 8.72. The minimum absolute atomic E-state index is 0.282. The standard InChI is InChI=1S/C11H12ClFO/c1-14-11-7-4-6-10(13)9(11)5-2-3-8-12/h2,4-7H,3,8H2,1H3. The Morgan fingerprint density at radius 3 is 2.93 bits per heavy atom. The van der Waals surface area contributed by atoms with Gasteiger partial charge in [0.15, 0.2) is 0 Å². The van der Waals surface area contributed by atoms with Crippen LogP contribution in [0.1, 0.15) is 12.0 Å². The summed E-state index contributed by atoms with van der Waals surface area (Å²) in [4.78, 5) is 0. The Hall–Kier alpha value is -1.02. The van der Waals surface area contributed by atoms with E-state index in [9.17, 15) is 4.39 Å². The van der Waals surface area contributed by atoms with Crippen LogP contribution in [-0.4, -0.2) is 13.0 Å². The highest BCUT2D eigenvalue weighted by Crippen LogP contribution is 2.22. The molecule has 1 aromatic rings. The van der Waals surface area contributed by atoms with Crippen LogP contribution in [0.2, 0.25) is 0 Å². The molecule has 0 heterocycles. The number of rotatable bonds is 4. The van der Waals surface area contributed by atoms with Crippen molar-refractivity contribution in [1.82, 2.24) is 0 Å². The van der Waals surface area contributed by atoms with Gasteiger partial charge in [-0.3, -0.25) is 0 Å². The smallest absolute Gasteiger partial charge is 0.134 e. The average molecular weight is 215 g/mol. The van der Waals surface area contributed by atoms with Crippen LogP contribution in [0, 0.1) is 5.82 Å². The third-order valence-corrected chi connectivity index (χ3v) is 2.01. The van der Waals surface area contributed by atoms with Gasteiger partial charge in [-0.15, -0.1) is 11.6 Å². The summed E-state index contributed by atoms with van der Waals surface area (Å²) < 4.78 is 18.3. The van der Waals surface area contributed by atoms with Crippen molar-refractivity contribution in [1.29, 1.82) is 0 Å². The Bertz CT molecular complexity index is 323. The highest BCUT2D eigenvalue weighted by atomic mass is 35.5. The van der Waals surface area contributed by atoms with Gasteiger partial charge in [0, 0.05) is 5.88 Å². The van der Waals surface area contributed by atoms with Crippen LogP contribution in [-0.2, 0) is 0 Å². The molecule has 0 aromatic heterocycles. The van der Waals surface area contributed by atoms with Crippen molar-refractivity contribution < 1.29 is 9.13 Å². The molecular formula is C11H12ClFO. The second kappa shape index (κ2) is 5.66. The predicted molar refractivity (Wildman–Crippen MR) is 57.3 cm³/mol. The molecule has 0 fully saturated rings. The van der Waals surface area contributed by atoms with Gasteiger partial charge >= 0.3 is 0 Å². The van der Waals surface area contributed by atoms with Gasteiger partial charge in [-0.25, -0.2) is 4.39 Å². The van der Waals surface area contributed by atoms with Crippen molar-refractivity contribution in [2.75, 3.05) is 13.0 Å². The zero-order valence-electron chi connectivity index (χ0n) is 7.97. The van der Waals surface area contributed by atoms with Gasteiger partial charge in [-0.2, -0.15) is 0 Å². The second-order valence-electron chi connectivity index (χ2n) is 2.74. The van der Waals surface area contributed by atoms with Gasteiger partial charge in [0.25, 0.3) is 0 Å². The number of methoxy groups -OCH3 is 1. The summed E-state index contributed by atoms with van der Waals surface area (Å²) in [5.74, 6) is 0.791. The molecule has 0 N–H and O–H groups in total. The SMILES string of the molecule is COc1cccc(F)c1C=CCCCl. The Morgan fingerprint density at radius 2 is 2.29 bits per heavy atom. The van der Waals surface area contributed by atoms with E-state index in [0.29, 0.717) is 17.2 Å². The van der Waals surface area contributed by atoms with Crippen LogP contribution in [0.25, 0.3) is 6.08 Å². The number of halogens is 2. The molecule has 0 unspecified atom stereocenters. The lowest BCUT2D eigenvalue weighted by Crippen LogP contribution is -1.90. The molecule has 1 rings (SSSR count). The number of benzene rings is 1. The molecule has 1 aromatic carbocycles. The highest BCUT2D eigenvalue weighted by molar-refractivity contribution is 6.17. The molecule has 14 heavy (non-hydrogen) atoms. The molecule has 0 saturated heterocycles. The van der Waals surface area contributed by atoms with Gasteiger partial charge in [0.1, 0.15) is 11.6 Å². The van der Waals surface area contributed by atoms with Gasteiger partial charge in [0.05, 0.1) is 12.7 Å². The third kappa shape index (κ3) is 2.74. The van der Waals surface area contributed by atoms with Crippen LogP contribution in [0.3, 0.4) is 0 Å². The number of hydrogen-bond donors (Lipinski definition) is 0. The van der Waals surface area contributed by atoms with Crippen molar-refractivity contribution >= 4 is 17.7 Å². The molecule has 0 atom stereocenters. The van der Waals surface area contributed by atoms with Crippen LogP contribution < -0.4 is 4.74 Å². The first-order chi connectivity index (χ1) is 6.79. The largest absolute Gasteiger partial charge is 0.496 e. The molecule has 0 amide bonds. The van der Waals surface area contributed by atoms with Crippen LogP contribution >= 0.6 is 11.6 Å². The fourth-order valence-corrected chi connectivity index (χ4v) is 1.25. The Labute approximate surface area is 88.1 Å². The molecule has 76 valence electrons. The lowest BCUT2D eigenvalue weighted by Gasteiger charge is -2.04. The molecular weight excluding hydrogens is 203 g/mol. The van der Waals surface area contributed by atoms with Gasteiger partial charge in [0.2, 0.25) is 0 Å². The first-order valence-corrected chi connectivity index (χ1v) is 4.88. The van der Waals surface area contributed by atoms with Crippen LogP contribution in [0.5, 0.6) is 5.75 Å². The Morgan fingerprint density at radius 1 is 1.50 bits per heavy atom. The lowest BCUT2D eigenvalue weighted by atomic mass is 10.1. The van der Waals surface area contributed by atoms with E-state index in [1.165, 1.54) is 13.2 Å². The van der Waals surface area contributed by atoms with Gasteiger partial charge < -0.3 is 4.74 Å². The first kappa shape index (κ1) is 11.1. The maximum atomic E-state index is 13.3. The minimum atomic E-state index is -0.282. The number of alkyl halides is 1. The maximum absolute atomic E-state index is 13.3. The van der Waals surface area contributed by atoms with E-state index in [4.69, 9.17) is 16.3 Å². The van der Waals surface area contributed by atoms with Crippen LogP contribution in [0.15, 0.2) is 24.3 Å². The van der Waals surface area contributed by atoms with Crippen molar-refractivity contribution in [3.8, 4) is 5.75 Å². The van der Waals surface area contributed by atoms with Crippen molar-refractivity contribution in [2.45, 2.75) is 6.42 Å². The van der Waals surface area contributed by atoms with Crippen LogP contribution in [0.4, 0.5) is 4.39 Å². The fourth-order valence-electron chi connectivity index (χ4n) is 1.12. The molecule has 1 nitrogen and oxygen atoms in total. The fraction of sp³-hybridized carbons (Fsp3) is 0.273. The van der Waals surface area contributed by atoms with E-state index in [0.717, 1.165) is 6.42 Å².